The van der Waals surface area contributed by atoms with E-state index in [1.807, 2.05) is 25.1 Å². The van der Waals surface area contributed by atoms with Crippen LogP contribution >= 0.6 is 0 Å². The van der Waals surface area contributed by atoms with Crippen LogP contribution in [0.3, 0.4) is 0 Å². The third-order valence-corrected chi connectivity index (χ3v) is 4.07. The van der Waals surface area contributed by atoms with Gasteiger partial charge >= 0.3 is 0 Å². The number of nitrogens with one attached hydrogen (secondary N) is 1. The standard InChI is InChI=1S/C17H16N6O/c1-10-8-11(2-3-12(10)18)16-19-5-4-13(21-16)14-9-15-17(24)20-6-7-23(15)22-14/h2-5,8-9H,6-7,18H2,1H3,(H,20,24). The first-order valence-electron chi connectivity index (χ1n) is 7.68. The third-order valence-electron chi connectivity index (χ3n) is 4.07. The highest BCUT2D eigenvalue weighted by Gasteiger charge is 2.20. The van der Waals surface area contributed by atoms with Gasteiger partial charge in [-0.25, -0.2) is 9.97 Å². The molecule has 7 nitrogen and oxygen atoms in total. The Morgan fingerprint density at radius 2 is 2.08 bits per heavy atom. The molecule has 0 spiro atoms. The molecule has 1 aliphatic rings. The van der Waals surface area contributed by atoms with Gasteiger partial charge in [0, 0.05) is 24.0 Å². The molecule has 1 amide bonds. The molecule has 3 aromatic rings. The van der Waals surface area contributed by atoms with E-state index in [-0.39, 0.29) is 5.91 Å². The zero-order valence-electron chi connectivity index (χ0n) is 13.2. The number of nitrogens with two attached hydrogens (primary N) is 1. The number of nitrogen functional groups attached to an aromatic ring is 1. The SMILES string of the molecule is Cc1cc(-c2nccc(-c3cc4n(n3)CCNC4=O)n2)ccc1N. The van der Waals surface area contributed by atoms with E-state index in [0.717, 1.165) is 16.8 Å². The first-order chi connectivity index (χ1) is 11.6. The number of aromatic nitrogens is 4. The van der Waals surface area contributed by atoms with Crippen molar-refractivity contribution in [3.63, 3.8) is 0 Å². The molecule has 24 heavy (non-hydrogen) atoms. The molecule has 2 aromatic heterocycles. The van der Waals surface area contributed by atoms with Gasteiger partial charge in [-0.3, -0.25) is 9.48 Å². The summed E-state index contributed by atoms with van der Waals surface area (Å²) in [5, 5.41) is 7.29. The number of carbonyl (C=O) groups excluding carboxylic acids is 1. The third kappa shape index (κ3) is 2.40. The van der Waals surface area contributed by atoms with E-state index in [2.05, 4.69) is 20.4 Å². The average molecular weight is 320 g/mol. The summed E-state index contributed by atoms with van der Waals surface area (Å²) >= 11 is 0. The Balaban J connectivity index is 1.75. The molecule has 0 saturated heterocycles. The zero-order chi connectivity index (χ0) is 16.7. The van der Waals surface area contributed by atoms with Crippen molar-refractivity contribution >= 4 is 11.6 Å². The van der Waals surface area contributed by atoms with Crippen LogP contribution in [0.5, 0.6) is 0 Å². The molecule has 0 bridgehead atoms. The highest BCUT2D eigenvalue weighted by Crippen LogP contribution is 2.23. The number of hydrogen-bond acceptors (Lipinski definition) is 5. The number of amides is 1. The molecule has 4 rings (SSSR count). The summed E-state index contributed by atoms with van der Waals surface area (Å²) in [6, 6.07) is 9.25. The Kier molecular flexibility index (Phi) is 3.26. The fraction of sp³-hybridized carbons (Fsp3) is 0.176. The van der Waals surface area contributed by atoms with Gasteiger partial charge in [0.25, 0.3) is 5.91 Å². The van der Waals surface area contributed by atoms with Gasteiger partial charge in [-0.2, -0.15) is 5.10 Å². The second-order valence-electron chi connectivity index (χ2n) is 5.73. The predicted molar refractivity (Wildman–Crippen MR) is 90.2 cm³/mol. The molecule has 0 fully saturated rings. The zero-order valence-corrected chi connectivity index (χ0v) is 13.2. The number of rotatable bonds is 2. The molecule has 0 aliphatic carbocycles. The van der Waals surface area contributed by atoms with Crippen molar-refractivity contribution in [3.8, 4) is 22.8 Å². The molecule has 0 saturated carbocycles. The van der Waals surface area contributed by atoms with Crippen LogP contribution in [-0.2, 0) is 6.54 Å². The summed E-state index contributed by atoms with van der Waals surface area (Å²) in [5.41, 5.74) is 10.4. The highest BCUT2D eigenvalue weighted by atomic mass is 16.2. The van der Waals surface area contributed by atoms with Crippen molar-refractivity contribution in [2.24, 2.45) is 0 Å². The van der Waals surface area contributed by atoms with Crippen molar-refractivity contribution < 1.29 is 4.79 Å². The van der Waals surface area contributed by atoms with Gasteiger partial charge in [0.2, 0.25) is 0 Å². The van der Waals surface area contributed by atoms with Gasteiger partial charge in [-0.1, -0.05) is 0 Å². The molecule has 0 atom stereocenters. The minimum absolute atomic E-state index is 0.108. The summed E-state index contributed by atoms with van der Waals surface area (Å²) in [5.74, 6) is 0.495. The Bertz CT molecular complexity index is 946. The van der Waals surface area contributed by atoms with Crippen LogP contribution in [0.25, 0.3) is 22.8 Å². The van der Waals surface area contributed by atoms with E-state index >= 15 is 0 Å². The van der Waals surface area contributed by atoms with Crippen molar-refractivity contribution in [1.82, 2.24) is 25.1 Å². The lowest BCUT2D eigenvalue weighted by atomic mass is 10.1. The number of aryl methyl sites for hydroxylation is 1. The lowest BCUT2D eigenvalue weighted by molar-refractivity contribution is 0.0924. The van der Waals surface area contributed by atoms with Crippen molar-refractivity contribution in [3.05, 3.63) is 47.8 Å². The van der Waals surface area contributed by atoms with E-state index in [1.165, 1.54) is 0 Å². The van der Waals surface area contributed by atoms with Crippen molar-refractivity contribution in [2.45, 2.75) is 13.5 Å². The molecule has 3 heterocycles. The monoisotopic (exact) mass is 320 g/mol. The Morgan fingerprint density at radius 1 is 1.21 bits per heavy atom. The van der Waals surface area contributed by atoms with Gasteiger partial charge < -0.3 is 11.1 Å². The smallest absolute Gasteiger partial charge is 0.269 e. The molecule has 1 aromatic carbocycles. The maximum absolute atomic E-state index is 11.9. The first kappa shape index (κ1) is 14.4. The van der Waals surface area contributed by atoms with E-state index in [0.29, 0.717) is 36.0 Å². The van der Waals surface area contributed by atoms with Crippen LogP contribution < -0.4 is 11.1 Å². The van der Waals surface area contributed by atoms with E-state index in [4.69, 9.17) is 5.73 Å². The Morgan fingerprint density at radius 3 is 2.88 bits per heavy atom. The Labute approximate surface area is 138 Å². The van der Waals surface area contributed by atoms with Gasteiger partial charge in [0.05, 0.1) is 12.2 Å². The molecule has 120 valence electrons. The van der Waals surface area contributed by atoms with Crippen LogP contribution in [0.1, 0.15) is 16.1 Å². The van der Waals surface area contributed by atoms with E-state index < -0.39 is 0 Å². The van der Waals surface area contributed by atoms with Crippen molar-refractivity contribution in [1.29, 1.82) is 0 Å². The number of benzene rings is 1. The summed E-state index contributed by atoms with van der Waals surface area (Å²) in [4.78, 5) is 20.8. The van der Waals surface area contributed by atoms with Gasteiger partial charge in [0.1, 0.15) is 11.4 Å². The number of nitrogens with zero attached hydrogens (tertiary/aromatic N) is 4. The van der Waals surface area contributed by atoms with E-state index in [1.54, 1.807) is 23.0 Å². The van der Waals surface area contributed by atoms with E-state index in [9.17, 15) is 4.79 Å². The number of carbonyl (C=O) groups is 1. The highest BCUT2D eigenvalue weighted by molar-refractivity contribution is 5.94. The second kappa shape index (κ2) is 5.45. The van der Waals surface area contributed by atoms with Gasteiger partial charge in [-0.15, -0.1) is 0 Å². The fourth-order valence-electron chi connectivity index (χ4n) is 2.72. The average Bonchev–Trinajstić information content (AvgIpc) is 3.03. The Hall–Kier alpha value is -3.22. The van der Waals surface area contributed by atoms with Crippen LogP contribution in [0.4, 0.5) is 5.69 Å². The normalized spacial score (nSPS) is 13.5. The summed E-state index contributed by atoms with van der Waals surface area (Å²) in [7, 11) is 0. The summed E-state index contributed by atoms with van der Waals surface area (Å²) in [6.45, 7) is 3.20. The summed E-state index contributed by atoms with van der Waals surface area (Å²) in [6.07, 6.45) is 1.70. The van der Waals surface area contributed by atoms with Crippen LogP contribution in [0, 0.1) is 6.92 Å². The predicted octanol–water partition coefficient (Wildman–Crippen LogP) is 1.64. The molecule has 7 heteroatoms. The maximum atomic E-state index is 11.9. The minimum atomic E-state index is -0.108. The molecular formula is C17H16N6O. The molecule has 1 aliphatic heterocycles. The lowest BCUT2D eigenvalue weighted by Gasteiger charge is -2.13. The fourth-order valence-corrected chi connectivity index (χ4v) is 2.72. The topological polar surface area (TPSA) is 98.7 Å². The van der Waals surface area contributed by atoms with Gasteiger partial charge in [0.15, 0.2) is 5.82 Å². The van der Waals surface area contributed by atoms with Crippen LogP contribution in [-0.4, -0.2) is 32.2 Å². The van der Waals surface area contributed by atoms with Crippen LogP contribution in [0.2, 0.25) is 0 Å². The molecule has 0 radical (unpaired) electrons. The number of hydrogen-bond donors (Lipinski definition) is 2. The molecule has 3 N–H and O–H groups in total. The molecular weight excluding hydrogens is 304 g/mol. The van der Waals surface area contributed by atoms with Gasteiger partial charge in [-0.05, 0) is 42.8 Å². The van der Waals surface area contributed by atoms with Crippen molar-refractivity contribution in [2.75, 3.05) is 12.3 Å². The number of anilines is 1. The van der Waals surface area contributed by atoms with Crippen LogP contribution in [0.15, 0.2) is 36.5 Å². The minimum Gasteiger partial charge on any atom is -0.399 e. The number of fused-ring (bicyclic) bond motifs is 1. The summed E-state index contributed by atoms with van der Waals surface area (Å²) < 4.78 is 1.71. The lowest BCUT2D eigenvalue weighted by Crippen LogP contribution is -2.35. The second-order valence-corrected chi connectivity index (χ2v) is 5.73. The maximum Gasteiger partial charge on any atom is 0.269 e. The largest absolute Gasteiger partial charge is 0.399 e. The first-order valence-corrected chi connectivity index (χ1v) is 7.68. The molecule has 0 unspecified atom stereocenters. The quantitative estimate of drug-likeness (QED) is 0.699.